The van der Waals surface area contributed by atoms with Gasteiger partial charge in [-0.15, -0.1) is 0 Å². The Balaban J connectivity index is 2.89. The predicted molar refractivity (Wildman–Crippen MR) is 56.4 cm³/mol. The lowest BCUT2D eigenvalue weighted by atomic mass is 9.76. The van der Waals surface area contributed by atoms with Crippen LogP contribution in [0.5, 0.6) is 0 Å². The molecule has 0 saturated carbocycles. The summed E-state index contributed by atoms with van der Waals surface area (Å²) in [7, 11) is 0. The number of hydrogen-bond acceptors (Lipinski definition) is 1. The molecule has 1 nitrogen and oxygen atoms in total. The van der Waals surface area contributed by atoms with Crippen LogP contribution in [-0.4, -0.2) is 10.7 Å². The molecule has 1 aliphatic rings. The molecule has 0 bridgehead atoms. The highest BCUT2D eigenvalue weighted by Crippen LogP contribution is 2.36. The van der Waals surface area contributed by atoms with E-state index in [-0.39, 0.29) is 0 Å². The molecule has 1 N–H and O–H groups in total. The van der Waals surface area contributed by atoms with Crippen molar-refractivity contribution in [3.8, 4) is 0 Å². The predicted octanol–water partition coefficient (Wildman–Crippen LogP) is 2.84. The number of hydrogen-bond donors (Lipinski definition) is 1. The topological polar surface area (TPSA) is 20.2 Å². The van der Waals surface area contributed by atoms with Crippen molar-refractivity contribution in [1.82, 2.24) is 0 Å². The van der Waals surface area contributed by atoms with Gasteiger partial charge < -0.3 is 5.11 Å². The van der Waals surface area contributed by atoms with Crippen LogP contribution in [0.3, 0.4) is 0 Å². The fourth-order valence-electron chi connectivity index (χ4n) is 1.74. The van der Waals surface area contributed by atoms with Gasteiger partial charge in [-0.25, -0.2) is 0 Å². The summed E-state index contributed by atoms with van der Waals surface area (Å²) >= 11 is 0. The molecule has 13 heavy (non-hydrogen) atoms. The van der Waals surface area contributed by atoms with Crippen molar-refractivity contribution in [3.63, 3.8) is 0 Å². The van der Waals surface area contributed by atoms with Crippen LogP contribution in [0.15, 0.2) is 36.5 Å². The van der Waals surface area contributed by atoms with Crippen LogP contribution in [0.25, 0.3) is 0 Å². The summed E-state index contributed by atoms with van der Waals surface area (Å²) < 4.78 is 0. The fraction of sp³-hybridized carbons (Fsp3) is 0.500. The maximum atomic E-state index is 10.1. The summed E-state index contributed by atoms with van der Waals surface area (Å²) in [6.07, 6.45) is 5.45. The second-order valence-electron chi connectivity index (χ2n) is 4.00. The van der Waals surface area contributed by atoms with Gasteiger partial charge in [0.1, 0.15) is 5.60 Å². The third-order valence-electron chi connectivity index (χ3n) is 2.98. The molecule has 2 atom stereocenters. The number of allylic oxidation sites excluding steroid dienone is 2. The van der Waals surface area contributed by atoms with E-state index < -0.39 is 5.60 Å². The second kappa shape index (κ2) is 3.51. The molecular weight excluding hydrogens is 160 g/mol. The molecule has 1 aliphatic carbocycles. The maximum Gasteiger partial charge on any atom is 0.104 e. The van der Waals surface area contributed by atoms with Crippen LogP contribution in [-0.2, 0) is 0 Å². The van der Waals surface area contributed by atoms with Gasteiger partial charge in [-0.1, -0.05) is 30.9 Å². The first kappa shape index (κ1) is 10.3. The molecular formula is C12H18O. The minimum atomic E-state index is -0.804. The Hall–Kier alpha value is -0.820. The molecule has 1 heteroatoms. The van der Waals surface area contributed by atoms with Crippen LogP contribution in [0.4, 0.5) is 0 Å². The molecule has 0 aromatic heterocycles. The highest BCUT2D eigenvalue weighted by molar-refractivity contribution is 5.27. The summed E-state index contributed by atoms with van der Waals surface area (Å²) in [5.41, 5.74) is 1.35. The van der Waals surface area contributed by atoms with Crippen LogP contribution in [0, 0.1) is 5.92 Å². The highest BCUT2D eigenvalue weighted by Gasteiger charge is 2.32. The smallest absolute Gasteiger partial charge is 0.104 e. The van der Waals surface area contributed by atoms with Crippen molar-refractivity contribution >= 4 is 0 Å². The van der Waals surface area contributed by atoms with Crippen molar-refractivity contribution in [2.24, 2.45) is 5.92 Å². The van der Waals surface area contributed by atoms with E-state index in [0.29, 0.717) is 5.92 Å². The van der Waals surface area contributed by atoms with E-state index >= 15 is 0 Å². The zero-order valence-corrected chi connectivity index (χ0v) is 8.51. The van der Waals surface area contributed by atoms with E-state index in [1.54, 1.807) is 6.08 Å². The van der Waals surface area contributed by atoms with Gasteiger partial charge in [0.2, 0.25) is 0 Å². The zero-order chi connectivity index (χ0) is 10.1. The van der Waals surface area contributed by atoms with Crippen LogP contribution < -0.4 is 0 Å². The molecule has 0 spiro atoms. The normalized spacial score (nSPS) is 33.8. The van der Waals surface area contributed by atoms with Gasteiger partial charge in [0.25, 0.3) is 0 Å². The van der Waals surface area contributed by atoms with Crippen LogP contribution >= 0.6 is 0 Å². The molecule has 0 unspecified atom stereocenters. The lowest BCUT2D eigenvalue weighted by Gasteiger charge is -2.34. The van der Waals surface area contributed by atoms with Crippen molar-refractivity contribution in [2.75, 3.05) is 0 Å². The highest BCUT2D eigenvalue weighted by atomic mass is 16.3. The lowest BCUT2D eigenvalue weighted by Crippen LogP contribution is -2.33. The van der Waals surface area contributed by atoms with E-state index in [2.05, 4.69) is 19.2 Å². The standard InChI is InChI=1S/C12H18O/c1-5-12(13)8-11(9(2)3)7-6-10(12)4/h5-6,11,13H,1-2,7-8H2,3-4H3/t11-,12-/m1/s1. The minimum absolute atomic E-state index is 0.395. The van der Waals surface area contributed by atoms with E-state index in [4.69, 9.17) is 0 Å². The lowest BCUT2D eigenvalue weighted by molar-refractivity contribution is 0.0976. The Kier molecular flexibility index (Phi) is 2.77. The Morgan fingerprint density at radius 2 is 2.38 bits per heavy atom. The van der Waals surface area contributed by atoms with Crippen molar-refractivity contribution < 1.29 is 5.11 Å². The first-order chi connectivity index (χ1) is 5.99. The summed E-state index contributed by atoms with van der Waals surface area (Å²) in [5, 5.41) is 10.1. The van der Waals surface area contributed by atoms with Crippen molar-refractivity contribution in [3.05, 3.63) is 36.5 Å². The zero-order valence-electron chi connectivity index (χ0n) is 8.51. The van der Waals surface area contributed by atoms with E-state index in [9.17, 15) is 5.11 Å². The van der Waals surface area contributed by atoms with Gasteiger partial charge in [-0.3, -0.25) is 0 Å². The Morgan fingerprint density at radius 3 is 2.85 bits per heavy atom. The molecule has 0 fully saturated rings. The molecule has 0 radical (unpaired) electrons. The first-order valence-electron chi connectivity index (χ1n) is 4.68. The van der Waals surface area contributed by atoms with Gasteiger partial charge in [0, 0.05) is 0 Å². The Morgan fingerprint density at radius 1 is 1.77 bits per heavy atom. The summed E-state index contributed by atoms with van der Waals surface area (Å²) in [6, 6.07) is 0. The molecule has 0 amide bonds. The second-order valence-corrected chi connectivity index (χ2v) is 4.00. The average molecular weight is 178 g/mol. The minimum Gasteiger partial charge on any atom is -0.381 e. The molecule has 0 aromatic carbocycles. The van der Waals surface area contributed by atoms with Gasteiger partial charge in [-0.2, -0.15) is 0 Å². The Bertz CT molecular complexity index is 262. The maximum absolute atomic E-state index is 10.1. The molecule has 72 valence electrons. The van der Waals surface area contributed by atoms with Gasteiger partial charge in [0.15, 0.2) is 0 Å². The molecule has 0 saturated heterocycles. The van der Waals surface area contributed by atoms with E-state index in [1.165, 1.54) is 0 Å². The largest absolute Gasteiger partial charge is 0.381 e. The first-order valence-corrected chi connectivity index (χ1v) is 4.68. The van der Waals surface area contributed by atoms with E-state index in [1.807, 2.05) is 13.8 Å². The van der Waals surface area contributed by atoms with Gasteiger partial charge >= 0.3 is 0 Å². The Labute approximate surface area is 80.5 Å². The number of rotatable bonds is 2. The van der Waals surface area contributed by atoms with Gasteiger partial charge in [-0.05, 0) is 38.2 Å². The van der Waals surface area contributed by atoms with Crippen LogP contribution in [0.2, 0.25) is 0 Å². The van der Waals surface area contributed by atoms with Crippen molar-refractivity contribution in [2.45, 2.75) is 32.3 Å². The van der Waals surface area contributed by atoms with Crippen LogP contribution in [0.1, 0.15) is 26.7 Å². The van der Waals surface area contributed by atoms with E-state index in [0.717, 1.165) is 24.0 Å². The summed E-state index contributed by atoms with van der Waals surface area (Å²) in [6.45, 7) is 11.6. The summed E-state index contributed by atoms with van der Waals surface area (Å²) in [5.74, 6) is 0.395. The molecule has 0 aliphatic heterocycles. The third kappa shape index (κ3) is 1.92. The quantitative estimate of drug-likeness (QED) is 0.645. The monoisotopic (exact) mass is 178 g/mol. The SMILES string of the molecule is C=C[C@@]1(O)C[C@H](C(=C)C)CC=C1C. The fourth-order valence-corrected chi connectivity index (χ4v) is 1.74. The summed E-state index contributed by atoms with van der Waals surface area (Å²) in [4.78, 5) is 0. The molecule has 0 aromatic rings. The van der Waals surface area contributed by atoms with Gasteiger partial charge in [0.05, 0.1) is 0 Å². The van der Waals surface area contributed by atoms with Crippen molar-refractivity contribution in [1.29, 1.82) is 0 Å². The molecule has 1 rings (SSSR count). The average Bonchev–Trinajstić information content (AvgIpc) is 2.09. The molecule has 0 heterocycles. The third-order valence-corrected chi connectivity index (χ3v) is 2.98. The number of aliphatic hydroxyl groups is 1.